The van der Waals surface area contributed by atoms with Crippen LogP contribution >= 0.6 is 0 Å². The SMILES string of the molecule is C=C/C=C/C(=O)/C=C/c1ccc2cc1Cc1ccc-2cc1. The summed E-state index contributed by atoms with van der Waals surface area (Å²) in [5, 5.41) is 0. The van der Waals surface area contributed by atoms with Gasteiger partial charge in [-0.1, -0.05) is 67.3 Å². The zero-order valence-corrected chi connectivity index (χ0v) is 11.8. The van der Waals surface area contributed by atoms with E-state index in [0.29, 0.717) is 0 Å². The third kappa shape index (κ3) is 2.92. The highest BCUT2D eigenvalue weighted by Crippen LogP contribution is 2.28. The molecule has 1 nitrogen and oxygen atoms in total. The van der Waals surface area contributed by atoms with Crippen molar-refractivity contribution in [1.82, 2.24) is 0 Å². The van der Waals surface area contributed by atoms with Gasteiger partial charge in [0.25, 0.3) is 0 Å². The number of benzene rings is 2. The fraction of sp³-hybridized carbons (Fsp3) is 0.0500. The summed E-state index contributed by atoms with van der Waals surface area (Å²) < 4.78 is 0. The molecule has 0 aliphatic heterocycles. The molecule has 0 saturated carbocycles. The van der Waals surface area contributed by atoms with Crippen LogP contribution in [0.2, 0.25) is 0 Å². The largest absolute Gasteiger partial charge is 0.290 e. The minimum atomic E-state index is -0.0274. The number of hydrogen-bond donors (Lipinski definition) is 0. The second kappa shape index (κ2) is 5.76. The summed E-state index contributed by atoms with van der Waals surface area (Å²) in [6.07, 6.45) is 9.15. The first-order chi connectivity index (χ1) is 10.3. The average Bonchev–Trinajstić information content (AvgIpc) is 2.50. The van der Waals surface area contributed by atoms with Crippen molar-refractivity contribution < 1.29 is 4.79 Å². The number of rotatable bonds is 4. The molecule has 2 aliphatic rings. The van der Waals surface area contributed by atoms with Crippen LogP contribution in [-0.4, -0.2) is 5.78 Å². The maximum Gasteiger partial charge on any atom is 0.178 e. The number of hydrogen-bond acceptors (Lipinski definition) is 1. The Kier molecular flexibility index (Phi) is 3.65. The zero-order chi connectivity index (χ0) is 14.7. The lowest BCUT2D eigenvalue weighted by molar-refractivity contribution is -0.110. The summed E-state index contributed by atoms with van der Waals surface area (Å²) in [5.74, 6) is -0.0274. The van der Waals surface area contributed by atoms with E-state index < -0.39 is 0 Å². The van der Waals surface area contributed by atoms with Gasteiger partial charge in [-0.25, -0.2) is 0 Å². The van der Waals surface area contributed by atoms with Crippen molar-refractivity contribution in [2.45, 2.75) is 6.42 Å². The van der Waals surface area contributed by atoms with Crippen molar-refractivity contribution in [3.63, 3.8) is 0 Å². The van der Waals surface area contributed by atoms with E-state index in [2.05, 4.69) is 49.0 Å². The van der Waals surface area contributed by atoms with Crippen LogP contribution in [0.3, 0.4) is 0 Å². The molecule has 2 aromatic carbocycles. The number of allylic oxidation sites excluding steroid dienone is 4. The van der Waals surface area contributed by atoms with E-state index in [1.54, 1.807) is 18.2 Å². The van der Waals surface area contributed by atoms with Gasteiger partial charge in [0.15, 0.2) is 5.78 Å². The van der Waals surface area contributed by atoms with Crippen LogP contribution in [0.15, 0.2) is 73.3 Å². The summed E-state index contributed by atoms with van der Waals surface area (Å²) in [5.41, 5.74) is 6.11. The minimum Gasteiger partial charge on any atom is -0.290 e. The molecule has 1 heteroatoms. The highest BCUT2D eigenvalue weighted by Gasteiger charge is 2.09. The molecule has 2 aromatic rings. The standard InChI is InChI=1S/C20H16O/c1-2-3-4-20(21)12-11-17-9-10-18-14-19(17)13-15-5-7-16(18)8-6-15/h2-12,14H,1,13H2/b4-3+,12-11+. The topological polar surface area (TPSA) is 17.1 Å². The van der Waals surface area contributed by atoms with E-state index >= 15 is 0 Å². The molecule has 0 heterocycles. The van der Waals surface area contributed by atoms with Crippen LogP contribution < -0.4 is 0 Å². The number of carbonyl (C=O) groups excluding carboxylic acids is 1. The van der Waals surface area contributed by atoms with Crippen molar-refractivity contribution in [3.05, 3.63) is 90.0 Å². The van der Waals surface area contributed by atoms with Crippen LogP contribution in [0.25, 0.3) is 17.2 Å². The Labute approximate surface area is 124 Å². The maximum atomic E-state index is 11.7. The average molecular weight is 272 g/mol. The van der Waals surface area contributed by atoms with E-state index in [1.807, 2.05) is 6.08 Å². The van der Waals surface area contributed by atoms with E-state index in [0.717, 1.165) is 12.0 Å². The highest BCUT2D eigenvalue weighted by atomic mass is 16.1. The van der Waals surface area contributed by atoms with Crippen LogP contribution in [0.5, 0.6) is 0 Å². The van der Waals surface area contributed by atoms with Crippen LogP contribution in [-0.2, 0) is 11.2 Å². The minimum absolute atomic E-state index is 0.0274. The molecule has 0 unspecified atom stereocenters. The van der Waals surface area contributed by atoms with Gasteiger partial charge in [-0.15, -0.1) is 0 Å². The van der Waals surface area contributed by atoms with Crippen LogP contribution in [0.4, 0.5) is 0 Å². The van der Waals surface area contributed by atoms with Gasteiger partial charge in [0.1, 0.15) is 0 Å². The fourth-order valence-electron chi connectivity index (χ4n) is 2.53. The molecule has 21 heavy (non-hydrogen) atoms. The second-order valence-electron chi connectivity index (χ2n) is 5.12. The Morgan fingerprint density at radius 3 is 2.52 bits per heavy atom. The quantitative estimate of drug-likeness (QED) is 0.502. The van der Waals surface area contributed by atoms with Gasteiger partial charge >= 0.3 is 0 Å². The van der Waals surface area contributed by atoms with Gasteiger partial charge < -0.3 is 0 Å². The molecule has 0 radical (unpaired) electrons. The molecule has 0 spiro atoms. The van der Waals surface area contributed by atoms with E-state index in [1.165, 1.54) is 28.3 Å². The molecule has 0 N–H and O–H groups in total. The summed E-state index contributed by atoms with van der Waals surface area (Å²) in [7, 11) is 0. The lowest BCUT2D eigenvalue weighted by Gasteiger charge is -2.14. The van der Waals surface area contributed by atoms with Gasteiger partial charge in [0.2, 0.25) is 0 Å². The Bertz CT molecular complexity index is 746. The molecule has 0 fully saturated rings. The fourth-order valence-corrected chi connectivity index (χ4v) is 2.53. The lowest BCUT2D eigenvalue weighted by Crippen LogP contribution is -1.97. The smallest absolute Gasteiger partial charge is 0.178 e. The van der Waals surface area contributed by atoms with Crippen molar-refractivity contribution in [2.75, 3.05) is 0 Å². The van der Waals surface area contributed by atoms with E-state index in [4.69, 9.17) is 0 Å². The Balaban J connectivity index is 1.93. The highest BCUT2D eigenvalue weighted by molar-refractivity contribution is 6.02. The van der Waals surface area contributed by atoms with Crippen molar-refractivity contribution in [2.24, 2.45) is 0 Å². The summed E-state index contributed by atoms with van der Waals surface area (Å²) >= 11 is 0. The number of carbonyl (C=O) groups is 1. The number of ketones is 1. The molecule has 0 saturated heterocycles. The van der Waals surface area contributed by atoms with Gasteiger partial charge in [-0.3, -0.25) is 4.79 Å². The molecule has 4 rings (SSSR count). The Morgan fingerprint density at radius 2 is 1.76 bits per heavy atom. The molecule has 0 atom stereocenters. The molecule has 4 bridgehead atoms. The third-order valence-corrected chi connectivity index (χ3v) is 3.65. The summed E-state index contributed by atoms with van der Waals surface area (Å²) in [6.45, 7) is 3.56. The first-order valence-electron chi connectivity index (χ1n) is 6.99. The molecular formula is C20H16O. The Morgan fingerprint density at radius 1 is 1.00 bits per heavy atom. The predicted octanol–water partition coefficient (Wildman–Crippen LogP) is 4.58. The predicted molar refractivity (Wildman–Crippen MR) is 88.1 cm³/mol. The molecular weight excluding hydrogens is 256 g/mol. The second-order valence-corrected chi connectivity index (χ2v) is 5.12. The van der Waals surface area contributed by atoms with E-state index in [-0.39, 0.29) is 5.78 Å². The van der Waals surface area contributed by atoms with Crippen LogP contribution in [0.1, 0.15) is 16.7 Å². The lowest BCUT2D eigenvalue weighted by atomic mass is 9.90. The van der Waals surface area contributed by atoms with E-state index in [9.17, 15) is 4.79 Å². The summed E-state index contributed by atoms with van der Waals surface area (Å²) in [6, 6.07) is 15.1. The first-order valence-corrected chi connectivity index (χ1v) is 6.99. The molecule has 0 amide bonds. The normalized spacial score (nSPS) is 12.6. The molecule has 102 valence electrons. The molecule has 0 aromatic heterocycles. The first kappa shape index (κ1) is 13.3. The summed E-state index contributed by atoms with van der Waals surface area (Å²) in [4.78, 5) is 11.7. The van der Waals surface area contributed by atoms with Crippen LogP contribution in [0, 0.1) is 0 Å². The van der Waals surface area contributed by atoms with Crippen molar-refractivity contribution in [3.8, 4) is 11.1 Å². The third-order valence-electron chi connectivity index (χ3n) is 3.65. The Hall–Kier alpha value is -2.67. The van der Waals surface area contributed by atoms with Gasteiger partial charge in [0, 0.05) is 0 Å². The molecule has 2 aliphatic carbocycles. The van der Waals surface area contributed by atoms with Gasteiger partial charge in [-0.2, -0.15) is 0 Å². The zero-order valence-electron chi connectivity index (χ0n) is 11.8. The van der Waals surface area contributed by atoms with Gasteiger partial charge in [0.05, 0.1) is 0 Å². The van der Waals surface area contributed by atoms with Gasteiger partial charge in [-0.05, 0) is 46.4 Å². The van der Waals surface area contributed by atoms with Crippen molar-refractivity contribution >= 4 is 11.9 Å². The maximum absolute atomic E-state index is 11.7. The van der Waals surface area contributed by atoms with Crippen molar-refractivity contribution in [1.29, 1.82) is 0 Å². The monoisotopic (exact) mass is 272 g/mol. The number of fused-ring (bicyclic) bond motifs is 2.